The molecule has 0 fully saturated rings. The molecule has 0 aromatic heterocycles. The Labute approximate surface area is 123 Å². The second-order valence-corrected chi connectivity index (χ2v) is 3.70. The first-order valence-electron chi connectivity index (χ1n) is 4.58. The van der Waals surface area contributed by atoms with Gasteiger partial charge in [0.1, 0.15) is 0 Å². The molecule has 0 saturated heterocycles. The van der Waals surface area contributed by atoms with E-state index in [4.69, 9.17) is 25.3 Å². The van der Waals surface area contributed by atoms with E-state index in [1.54, 1.807) is 0 Å². The van der Waals surface area contributed by atoms with Gasteiger partial charge in [-0.25, -0.2) is 0 Å². The van der Waals surface area contributed by atoms with Gasteiger partial charge in [-0.15, -0.1) is 0 Å². The molecule has 13 heavy (non-hydrogen) atoms. The molecule has 0 aliphatic rings. The topological polar surface area (TPSA) is 0 Å². The molecule has 0 heterocycles. The fourth-order valence-electron chi connectivity index (χ4n) is 1.09. The van der Waals surface area contributed by atoms with Crippen LogP contribution in [0.15, 0.2) is 0 Å². The first kappa shape index (κ1) is 20.5. The van der Waals surface area contributed by atoms with Gasteiger partial charge in [0.25, 0.3) is 0 Å². The molecule has 0 radical (unpaired) electrons. The van der Waals surface area contributed by atoms with Crippen LogP contribution in [0.3, 0.4) is 0 Å². The van der Waals surface area contributed by atoms with E-state index in [1.165, 1.54) is 44.9 Å². The average molecular weight is 558 g/mol. The van der Waals surface area contributed by atoms with Crippen LogP contribution >= 0.6 is 0 Å². The van der Waals surface area contributed by atoms with E-state index in [-0.39, 0.29) is 42.1 Å². The maximum atomic E-state index is 4.86. The van der Waals surface area contributed by atoms with Crippen molar-refractivity contribution < 1.29 is 42.1 Å². The molecule has 0 rings (SSSR count). The number of rotatable bonds is 8. The van der Waals surface area contributed by atoms with Crippen LogP contribution < -0.4 is 0 Å². The summed E-state index contributed by atoms with van der Waals surface area (Å²) in [5.41, 5.74) is 0. The fourth-order valence-corrected chi connectivity index (χ4v) is 1.50. The maximum Gasteiger partial charge on any atom is 0 e. The summed E-state index contributed by atoms with van der Waals surface area (Å²) in [5.74, 6) is 1.87. The van der Waals surface area contributed by atoms with Crippen molar-refractivity contribution in [3.63, 3.8) is 0 Å². The molecular weight excluding hydrogens is 540 g/mol. The van der Waals surface area contributed by atoms with Crippen LogP contribution in [0.5, 0.6) is 0 Å². The summed E-state index contributed by atoms with van der Waals surface area (Å²) in [5, 5.41) is 0. The summed E-state index contributed by atoms with van der Waals surface area (Å²) in [4.78, 5) is 0. The van der Waals surface area contributed by atoms with Crippen molar-refractivity contribution in [2.24, 2.45) is 0 Å². The molecule has 0 aliphatic heterocycles. The van der Waals surface area contributed by atoms with Crippen molar-refractivity contribution in [2.45, 2.75) is 44.9 Å². The molecule has 0 aliphatic carbocycles. The molecule has 0 amide bonds. The molecule has 4 heteroatoms. The third-order valence-electron chi connectivity index (χ3n) is 1.79. The Balaban J connectivity index is -0.000000500. The molecular formula is C9H18S2W2-2. The third-order valence-corrected chi connectivity index (χ3v) is 2.37. The van der Waals surface area contributed by atoms with Crippen molar-refractivity contribution in [3.8, 4) is 0 Å². The SMILES string of the molecule is [S-]CCCCCCCCC[S-].[W].[W]. The number of hydrogen-bond acceptors (Lipinski definition) is 2. The van der Waals surface area contributed by atoms with Crippen molar-refractivity contribution >= 4 is 25.3 Å². The molecule has 0 atom stereocenters. The van der Waals surface area contributed by atoms with E-state index in [0.717, 1.165) is 11.5 Å². The van der Waals surface area contributed by atoms with Crippen LogP contribution in [0.1, 0.15) is 44.9 Å². The van der Waals surface area contributed by atoms with Gasteiger partial charge in [-0.2, -0.15) is 11.5 Å². The maximum absolute atomic E-state index is 4.86. The van der Waals surface area contributed by atoms with Gasteiger partial charge in [0.15, 0.2) is 0 Å². The van der Waals surface area contributed by atoms with E-state index in [1.807, 2.05) is 0 Å². The predicted molar refractivity (Wildman–Crippen MR) is 56.8 cm³/mol. The second kappa shape index (κ2) is 19.6. The summed E-state index contributed by atoms with van der Waals surface area (Å²) in [7, 11) is 0. The normalized spacial score (nSPS) is 8.77. The van der Waals surface area contributed by atoms with E-state index >= 15 is 0 Å². The molecule has 80 valence electrons. The Morgan fingerprint density at radius 2 is 0.692 bits per heavy atom. The van der Waals surface area contributed by atoms with Crippen molar-refractivity contribution in [2.75, 3.05) is 11.5 Å². The van der Waals surface area contributed by atoms with E-state index in [2.05, 4.69) is 0 Å². The molecule has 0 bridgehead atoms. The molecule has 0 spiro atoms. The Bertz CT molecular complexity index is 64.6. The summed E-state index contributed by atoms with van der Waals surface area (Å²) in [6.07, 6.45) is 9.24. The molecule has 0 nitrogen and oxygen atoms in total. The fraction of sp³-hybridized carbons (Fsp3) is 1.00. The van der Waals surface area contributed by atoms with Gasteiger partial charge in [-0.1, -0.05) is 44.9 Å². The van der Waals surface area contributed by atoms with E-state index in [0.29, 0.717) is 0 Å². The zero-order valence-corrected chi connectivity index (χ0v) is 15.5. The molecule has 0 saturated carbocycles. The van der Waals surface area contributed by atoms with Gasteiger partial charge < -0.3 is 25.3 Å². The van der Waals surface area contributed by atoms with Gasteiger partial charge in [0.05, 0.1) is 0 Å². The van der Waals surface area contributed by atoms with Crippen LogP contribution in [-0.4, -0.2) is 11.5 Å². The molecule has 0 N–H and O–H groups in total. The zero-order valence-electron chi connectivity index (χ0n) is 8.00. The van der Waals surface area contributed by atoms with Crippen molar-refractivity contribution in [3.05, 3.63) is 0 Å². The Kier molecular flexibility index (Phi) is 30.9. The molecule has 0 unspecified atom stereocenters. The quantitative estimate of drug-likeness (QED) is 0.333. The molecule has 0 aromatic carbocycles. The summed E-state index contributed by atoms with van der Waals surface area (Å²) < 4.78 is 0. The minimum atomic E-state index is 0. The smallest absolute Gasteiger partial charge is 0 e. The monoisotopic (exact) mass is 558 g/mol. The van der Waals surface area contributed by atoms with Gasteiger partial charge in [0, 0.05) is 42.1 Å². The van der Waals surface area contributed by atoms with Crippen LogP contribution in [0, 0.1) is 0 Å². The summed E-state index contributed by atoms with van der Waals surface area (Å²) in [6.45, 7) is 0. The van der Waals surface area contributed by atoms with Crippen molar-refractivity contribution in [1.82, 2.24) is 0 Å². The first-order valence-corrected chi connectivity index (χ1v) is 5.73. The van der Waals surface area contributed by atoms with E-state index < -0.39 is 0 Å². The van der Waals surface area contributed by atoms with Crippen LogP contribution in [0.2, 0.25) is 0 Å². The van der Waals surface area contributed by atoms with Gasteiger partial charge in [-0.3, -0.25) is 0 Å². The third kappa shape index (κ3) is 20.2. The minimum Gasteiger partial charge on any atom is -0.793 e. The summed E-state index contributed by atoms with van der Waals surface area (Å²) in [6, 6.07) is 0. The summed E-state index contributed by atoms with van der Waals surface area (Å²) >= 11 is 9.72. The molecule has 0 aromatic rings. The van der Waals surface area contributed by atoms with Crippen LogP contribution in [0.25, 0.3) is 0 Å². The largest absolute Gasteiger partial charge is 0.793 e. The predicted octanol–water partition coefficient (Wildman–Crippen LogP) is 2.81. The van der Waals surface area contributed by atoms with Crippen LogP contribution in [-0.2, 0) is 67.4 Å². The van der Waals surface area contributed by atoms with Crippen LogP contribution in [0.4, 0.5) is 0 Å². The minimum absolute atomic E-state index is 0. The van der Waals surface area contributed by atoms with Gasteiger partial charge in [-0.05, 0) is 0 Å². The Hall–Kier alpha value is 2.08. The van der Waals surface area contributed by atoms with Gasteiger partial charge >= 0.3 is 0 Å². The van der Waals surface area contributed by atoms with Crippen molar-refractivity contribution in [1.29, 1.82) is 0 Å². The standard InChI is InChI=1S/C9H20S2.2W/c10-8-6-4-2-1-3-5-7-9-11;;/h10-11H,1-9H2;;/p-2. The zero-order chi connectivity index (χ0) is 8.36. The van der Waals surface area contributed by atoms with E-state index in [9.17, 15) is 0 Å². The first-order chi connectivity index (χ1) is 5.41. The van der Waals surface area contributed by atoms with Gasteiger partial charge in [0.2, 0.25) is 0 Å². The number of unbranched alkanes of at least 4 members (excludes halogenated alkanes) is 6. The Morgan fingerprint density at radius 1 is 0.462 bits per heavy atom. The number of hydrogen-bond donors (Lipinski definition) is 0. The Morgan fingerprint density at radius 3 is 0.923 bits per heavy atom. The second-order valence-electron chi connectivity index (χ2n) is 2.88. The average Bonchev–Trinajstić information content (AvgIpc) is 2.03.